The van der Waals surface area contributed by atoms with E-state index in [0.717, 1.165) is 5.56 Å². The second-order valence-electron chi connectivity index (χ2n) is 3.74. The van der Waals surface area contributed by atoms with Crippen LogP contribution in [0.3, 0.4) is 0 Å². The summed E-state index contributed by atoms with van der Waals surface area (Å²) in [5.41, 5.74) is 3.70. The SMILES string of the molecule is Cc1ccc(C)c(C#CC(C)C)c1. The molecule has 0 heterocycles. The van der Waals surface area contributed by atoms with Crippen molar-refractivity contribution in [2.45, 2.75) is 27.7 Å². The average molecular weight is 172 g/mol. The highest BCUT2D eigenvalue weighted by atomic mass is 14.0. The first-order chi connectivity index (χ1) is 6.09. The van der Waals surface area contributed by atoms with Crippen LogP contribution in [0.25, 0.3) is 0 Å². The average Bonchev–Trinajstić information content (AvgIpc) is 2.06. The van der Waals surface area contributed by atoms with Gasteiger partial charge in [0.1, 0.15) is 0 Å². The number of hydrogen-bond donors (Lipinski definition) is 0. The molecule has 0 saturated heterocycles. The Labute approximate surface area is 81.0 Å². The molecule has 0 aliphatic rings. The Morgan fingerprint density at radius 1 is 1.15 bits per heavy atom. The fraction of sp³-hybridized carbons (Fsp3) is 0.385. The van der Waals surface area contributed by atoms with Gasteiger partial charge in [0, 0.05) is 11.5 Å². The summed E-state index contributed by atoms with van der Waals surface area (Å²) in [5, 5.41) is 0. The number of hydrogen-bond acceptors (Lipinski definition) is 0. The fourth-order valence-electron chi connectivity index (χ4n) is 1.09. The molecule has 0 spiro atoms. The van der Waals surface area contributed by atoms with Gasteiger partial charge in [-0.15, -0.1) is 0 Å². The molecule has 0 atom stereocenters. The van der Waals surface area contributed by atoms with Gasteiger partial charge in [0.2, 0.25) is 0 Å². The van der Waals surface area contributed by atoms with E-state index in [1.54, 1.807) is 0 Å². The molecular formula is C13H16. The number of rotatable bonds is 0. The minimum atomic E-state index is 0.444. The summed E-state index contributed by atoms with van der Waals surface area (Å²) < 4.78 is 0. The molecule has 1 aromatic carbocycles. The fourth-order valence-corrected chi connectivity index (χ4v) is 1.09. The Morgan fingerprint density at radius 3 is 2.46 bits per heavy atom. The summed E-state index contributed by atoms with van der Waals surface area (Å²) in [4.78, 5) is 0. The highest BCUT2D eigenvalue weighted by molar-refractivity contribution is 5.43. The van der Waals surface area contributed by atoms with Crippen LogP contribution in [0.5, 0.6) is 0 Å². The Hall–Kier alpha value is -1.22. The molecule has 68 valence electrons. The molecule has 0 saturated carbocycles. The van der Waals surface area contributed by atoms with Gasteiger partial charge in [-0.05, 0) is 31.0 Å². The zero-order valence-electron chi connectivity index (χ0n) is 8.81. The second kappa shape index (κ2) is 4.14. The third-order valence-electron chi connectivity index (χ3n) is 1.89. The van der Waals surface area contributed by atoms with Gasteiger partial charge in [0.05, 0.1) is 0 Å². The lowest BCUT2D eigenvalue weighted by molar-refractivity contribution is 0.866. The van der Waals surface area contributed by atoms with Gasteiger partial charge in [-0.3, -0.25) is 0 Å². The highest BCUT2D eigenvalue weighted by Crippen LogP contribution is 2.09. The predicted molar refractivity (Wildman–Crippen MR) is 57.6 cm³/mol. The quantitative estimate of drug-likeness (QED) is 0.527. The molecule has 0 aliphatic carbocycles. The lowest BCUT2D eigenvalue weighted by Crippen LogP contribution is -1.85. The second-order valence-corrected chi connectivity index (χ2v) is 3.74. The molecule has 1 rings (SSSR count). The van der Waals surface area contributed by atoms with Crippen LogP contribution in [-0.2, 0) is 0 Å². The van der Waals surface area contributed by atoms with Crippen molar-refractivity contribution in [2.24, 2.45) is 5.92 Å². The van der Waals surface area contributed by atoms with Gasteiger partial charge in [0.25, 0.3) is 0 Å². The van der Waals surface area contributed by atoms with E-state index in [-0.39, 0.29) is 0 Å². The summed E-state index contributed by atoms with van der Waals surface area (Å²) in [7, 11) is 0. The van der Waals surface area contributed by atoms with Crippen molar-refractivity contribution in [1.29, 1.82) is 0 Å². The summed E-state index contributed by atoms with van der Waals surface area (Å²) in [6.45, 7) is 8.42. The molecule has 0 heteroatoms. The topological polar surface area (TPSA) is 0 Å². The molecule has 1 aromatic rings. The van der Waals surface area contributed by atoms with E-state index >= 15 is 0 Å². The van der Waals surface area contributed by atoms with E-state index in [2.05, 4.69) is 57.7 Å². The zero-order chi connectivity index (χ0) is 9.84. The van der Waals surface area contributed by atoms with Gasteiger partial charge in [-0.2, -0.15) is 0 Å². The lowest BCUT2D eigenvalue weighted by atomic mass is 10.1. The Balaban J connectivity index is 3.02. The van der Waals surface area contributed by atoms with Gasteiger partial charge >= 0.3 is 0 Å². The Kier molecular flexibility index (Phi) is 3.14. The minimum Gasteiger partial charge on any atom is -0.0951 e. The van der Waals surface area contributed by atoms with E-state index in [4.69, 9.17) is 0 Å². The number of benzene rings is 1. The highest BCUT2D eigenvalue weighted by Gasteiger charge is 1.94. The third kappa shape index (κ3) is 2.95. The normalized spacial score (nSPS) is 9.62. The molecule has 0 aromatic heterocycles. The van der Waals surface area contributed by atoms with E-state index in [0.29, 0.717) is 5.92 Å². The molecule has 13 heavy (non-hydrogen) atoms. The first-order valence-electron chi connectivity index (χ1n) is 4.68. The van der Waals surface area contributed by atoms with E-state index in [1.807, 2.05) is 0 Å². The molecule has 0 radical (unpaired) electrons. The molecule has 0 N–H and O–H groups in total. The van der Waals surface area contributed by atoms with Gasteiger partial charge in [-0.25, -0.2) is 0 Å². The summed E-state index contributed by atoms with van der Waals surface area (Å²) in [6, 6.07) is 6.39. The summed E-state index contributed by atoms with van der Waals surface area (Å²) >= 11 is 0. The maximum absolute atomic E-state index is 3.20. The van der Waals surface area contributed by atoms with Crippen LogP contribution in [-0.4, -0.2) is 0 Å². The van der Waals surface area contributed by atoms with E-state index in [1.165, 1.54) is 11.1 Å². The van der Waals surface area contributed by atoms with Crippen molar-refractivity contribution >= 4 is 0 Å². The van der Waals surface area contributed by atoms with Crippen molar-refractivity contribution < 1.29 is 0 Å². The molecule has 0 aliphatic heterocycles. The smallest absolute Gasteiger partial charge is 0.0277 e. The van der Waals surface area contributed by atoms with E-state index < -0.39 is 0 Å². The standard InChI is InChI=1S/C13H16/c1-10(2)5-8-13-9-11(3)6-7-12(13)4/h6-7,9-10H,1-4H3. The van der Waals surface area contributed by atoms with Crippen LogP contribution in [0.15, 0.2) is 18.2 Å². The summed E-state index contributed by atoms with van der Waals surface area (Å²) in [5.74, 6) is 6.83. The van der Waals surface area contributed by atoms with Crippen molar-refractivity contribution in [3.8, 4) is 11.8 Å². The van der Waals surface area contributed by atoms with Gasteiger partial charge < -0.3 is 0 Å². The summed E-state index contributed by atoms with van der Waals surface area (Å²) in [6.07, 6.45) is 0. The van der Waals surface area contributed by atoms with Gasteiger partial charge in [-0.1, -0.05) is 37.8 Å². The Bertz CT molecular complexity index is 348. The molecule has 0 nitrogen and oxygen atoms in total. The molecule has 0 bridgehead atoms. The van der Waals surface area contributed by atoms with Crippen molar-refractivity contribution in [3.63, 3.8) is 0 Å². The monoisotopic (exact) mass is 172 g/mol. The van der Waals surface area contributed by atoms with Crippen molar-refractivity contribution in [3.05, 3.63) is 34.9 Å². The van der Waals surface area contributed by atoms with Crippen LogP contribution in [0.2, 0.25) is 0 Å². The molecule has 0 unspecified atom stereocenters. The first kappa shape index (κ1) is 9.86. The third-order valence-corrected chi connectivity index (χ3v) is 1.89. The van der Waals surface area contributed by atoms with Crippen LogP contribution < -0.4 is 0 Å². The van der Waals surface area contributed by atoms with E-state index in [9.17, 15) is 0 Å². The Morgan fingerprint density at radius 2 is 1.85 bits per heavy atom. The van der Waals surface area contributed by atoms with Crippen molar-refractivity contribution in [2.75, 3.05) is 0 Å². The predicted octanol–water partition coefficient (Wildman–Crippen LogP) is 3.31. The maximum atomic E-state index is 3.20. The van der Waals surface area contributed by atoms with Crippen LogP contribution in [0.4, 0.5) is 0 Å². The molecule has 0 amide bonds. The van der Waals surface area contributed by atoms with Crippen molar-refractivity contribution in [1.82, 2.24) is 0 Å². The lowest BCUT2D eigenvalue weighted by Gasteiger charge is -1.99. The van der Waals surface area contributed by atoms with Crippen LogP contribution >= 0.6 is 0 Å². The first-order valence-corrected chi connectivity index (χ1v) is 4.68. The zero-order valence-corrected chi connectivity index (χ0v) is 8.81. The van der Waals surface area contributed by atoms with Crippen LogP contribution in [0.1, 0.15) is 30.5 Å². The van der Waals surface area contributed by atoms with Crippen LogP contribution in [0, 0.1) is 31.6 Å². The largest absolute Gasteiger partial charge is 0.0951 e. The van der Waals surface area contributed by atoms with Gasteiger partial charge in [0.15, 0.2) is 0 Å². The minimum absolute atomic E-state index is 0.444. The maximum Gasteiger partial charge on any atom is 0.0277 e. The molecule has 0 fully saturated rings. The number of aryl methyl sites for hydroxylation is 2. The molecular weight excluding hydrogens is 156 g/mol.